The van der Waals surface area contributed by atoms with Crippen LogP contribution in [0, 0.1) is 13.8 Å². The molecule has 0 aliphatic heterocycles. The summed E-state index contributed by atoms with van der Waals surface area (Å²) in [6.07, 6.45) is 0. The number of aryl methyl sites for hydroxylation is 2. The summed E-state index contributed by atoms with van der Waals surface area (Å²) in [5.74, 6) is -0.0770. The number of aromatic nitrogens is 1. The molecule has 0 bridgehead atoms. The Kier molecular flexibility index (Phi) is 6.63. The minimum absolute atomic E-state index is 0.0770. The van der Waals surface area contributed by atoms with Crippen molar-refractivity contribution in [2.24, 2.45) is 0 Å². The van der Waals surface area contributed by atoms with Gasteiger partial charge in [-0.05, 0) is 50.2 Å². The molecule has 2 aromatic heterocycles. The van der Waals surface area contributed by atoms with Crippen molar-refractivity contribution in [2.45, 2.75) is 27.7 Å². The first-order chi connectivity index (χ1) is 14.9. The molecule has 4 nitrogen and oxygen atoms in total. The number of carbonyl (C=O) groups is 1. The van der Waals surface area contributed by atoms with E-state index in [0.29, 0.717) is 16.4 Å². The second-order valence-corrected chi connectivity index (χ2v) is 10.0. The third kappa shape index (κ3) is 4.22. The van der Waals surface area contributed by atoms with E-state index in [4.69, 9.17) is 16.6 Å². The number of fused-ring (bicyclic) bond motifs is 2. The molecule has 0 spiro atoms. The topological polar surface area (TPSA) is 36.4 Å². The first-order valence-electron chi connectivity index (χ1n) is 10.5. The summed E-state index contributed by atoms with van der Waals surface area (Å²) in [4.78, 5) is 23.4. The van der Waals surface area contributed by atoms with Crippen LogP contribution < -0.4 is 4.90 Å². The van der Waals surface area contributed by atoms with Crippen molar-refractivity contribution in [1.82, 2.24) is 9.88 Å². The van der Waals surface area contributed by atoms with Crippen LogP contribution in [-0.2, 0) is 0 Å². The Balaban J connectivity index is 1.77. The van der Waals surface area contributed by atoms with Crippen LogP contribution in [0.5, 0.6) is 0 Å². The third-order valence-corrected chi connectivity index (χ3v) is 8.52. The molecule has 4 rings (SSSR count). The highest BCUT2D eigenvalue weighted by Gasteiger charge is 2.26. The van der Waals surface area contributed by atoms with Crippen molar-refractivity contribution in [3.05, 3.63) is 57.4 Å². The third-order valence-electron chi connectivity index (χ3n) is 5.81. The fourth-order valence-electron chi connectivity index (χ4n) is 3.67. The zero-order valence-corrected chi connectivity index (χ0v) is 20.6. The van der Waals surface area contributed by atoms with Crippen molar-refractivity contribution >= 4 is 65.6 Å². The largest absolute Gasteiger partial charge is 0.302 e. The van der Waals surface area contributed by atoms with Crippen molar-refractivity contribution in [2.75, 3.05) is 31.1 Å². The molecule has 0 radical (unpaired) electrons. The highest BCUT2D eigenvalue weighted by atomic mass is 35.5. The van der Waals surface area contributed by atoms with Crippen LogP contribution in [0.1, 0.15) is 34.6 Å². The lowest BCUT2D eigenvalue weighted by molar-refractivity contribution is 0.0988. The minimum atomic E-state index is -0.0770. The molecule has 0 aliphatic rings. The fourth-order valence-corrected chi connectivity index (χ4v) is 6.18. The monoisotopic (exact) mass is 471 g/mol. The molecule has 0 saturated heterocycles. The Bertz CT molecular complexity index is 1240. The van der Waals surface area contributed by atoms with Gasteiger partial charge >= 0.3 is 0 Å². The molecule has 2 heterocycles. The summed E-state index contributed by atoms with van der Waals surface area (Å²) in [7, 11) is 0. The molecule has 4 aromatic rings. The number of hydrogen-bond donors (Lipinski definition) is 0. The minimum Gasteiger partial charge on any atom is -0.302 e. The molecule has 0 unspecified atom stereocenters. The van der Waals surface area contributed by atoms with E-state index < -0.39 is 0 Å². The van der Waals surface area contributed by atoms with Crippen molar-refractivity contribution in [1.29, 1.82) is 0 Å². The maximum Gasteiger partial charge on any atom is 0.271 e. The van der Waals surface area contributed by atoms with E-state index in [1.54, 1.807) is 11.3 Å². The summed E-state index contributed by atoms with van der Waals surface area (Å²) in [5.41, 5.74) is 3.34. The van der Waals surface area contributed by atoms with E-state index in [-0.39, 0.29) is 5.91 Å². The molecule has 162 valence electrons. The molecule has 0 N–H and O–H groups in total. The lowest BCUT2D eigenvalue weighted by atomic mass is 10.1. The quantitative estimate of drug-likeness (QED) is 0.298. The molecule has 0 saturated carbocycles. The van der Waals surface area contributed by atoms with E-state index in [2.05, 4.69) is 44.7 Å². The first kappa shape index (κ1) is 22.2. The summed E-state index contributed by atoms with van der Waals surface area (Å²) in [6, 6.07) is 12.1. The fraction of sp³-hybridized carbons (Fsp3) is 0.333. The van der Waals surface area contributed by atoms with E-state index >= 15 is 0 Å². The smallest absolute Gasteiger partial charge is 0.271 e. The molecule has 31 heavy (non-hydrogen) atoms. The van der Waals surface area contributed by atoms with E-state index in [1.807, 2.05) is 29.2 Å². The first-order valence-corrected chi connectivity index (χ1v) is 12.5. The average molecular weight is 472 g/mol. The number of anilines is 1. The summed E-state index contributed by atoms with van der Waals surface area (Å²) < 4.78 is 2.12. The van der Waals surface area contributed by atoms with Crippen molar-refractivity contribution < 1.29 is 4.79 Å². The van der Waals surface area contributed by atoms with E-state index in [1.165, 1.54) is 16.9 Å². The molecule has 1 amide bonds. The Labute approximate surface area is 196 Å². The number of rotatable bonds is 7. The zero-order chi connectivity index (χ0) is 22.1. The second kappa shape index (κ2) is 9.25. The lowest BCUT2D eigenvalue weighted by Crippen LogP contribution is -2.38. The summed E-state index contributed by atoms with van der Waals surface area (Å²) in [5, 5.41) is 2.19. The number of thiophene rings is 1. The molecular weight excluding hydrogens is 446 g/mol. The number of hydrogen-bond acceptors (Lipinski definition) is 5. The SMILES string of the molecule is CCN(CC)CCN(C(=O)c1sc2ccccc2c1Cl)c1nc2c(C)c(C)ccc2s1. The Morgan fingerprint density at radius 3 is 2.45 bits per heavy atom. The molecule has 7 heteroatoms. The van der Waals surface area contributed by atoms with E-state index in [9.17, 15) is 4.79 Å². The van der Waals surface area contributed by atoms with E-state index in [0.717, 1.165) is 50.6 Å². The van der Waals surface area contributed by atoms with Gasteiger partial charge in [-0.2, -0.15) is 0 Å². The molecule has 2 aromatic carbocycles. The number of halogens is 1. The number of likely N-dealkylation sites (N-methyl/N-ethyl adjacent to an activating group) is 1. The van der Waals surface area contributed by atoms with Crippen LogP contribution in [0.25, 0.3) is 20.3 Å². The number of benzene rings is 2. The van der Waals surface area contributed by atoms with Gasteiger partial charge in [-0.15, -0.1) is 11.3 Å². The van der Waals surface area contributed by atoms with Gasteiger partial charge in [0.05, 0.1) is 15.2 Å². The summed E-state index contributed by atoms with van der Waals surface area (Å²) >= 11 is 9.68. The Morgan fingerprint density at radius 2 is 1.74 bits per heavy atom. The molecule has 0 atom stereocenters. The number of nitrogens with zero attached hydrogens (tertiary/aromatic N) is 3. The normalized spacial score (nSPS) is 11.7. The maximum absolute atomic E-state index is 13.8. The molecule has 0 fully saturated rings. The van der Waals surface area contributed by atoms with Gasteiger partial charge in [0.2, 0.25) is 0 Å². The standard InChI is InChI=1S/C24H26ClN3OS2/c1-5-27(6-2)13-14-28(24-26-21-16(4)15(3)11-12-19(21)31-24)23(29)22-20(25)17-9-7-8-10-18(17)30-22/h7-12H,5-6,13-14H2,1-4H3. The number of carbonyl (C=O) groups excluding carboxylic acids is 1. The average Bonchev–Trinajstić information content (AvgIpc) is 3.36. The van der Waals surface area contributed by atoms with Crippen LogP contribution in [-0.4, -0.2) is 42.0 Å². The molecular formula is C24H26ClN3OS2. The van der Waals surface area contributed by atoms with Gasteiger partial charge in [0, 0.05) is 23.2 Å². The van der Waals surface area contributed by atoms with Gasteiger partial charge in [-0.25, -0.2) is 4.98 Å². The van der Waals surface area contributed by atoms with Crippen LogP contribution >= 0.6 is 34.3 Å². The van der Waals surface area contributed by atoms with Crippen LogP contribution in [0.2, 0.25) is 5.02 Å². The zero-order valence-electron chi connectivity index (χ0n) is 18.2. The van der Waals surface area contributed by atoms with Crippen molar-refractivity contribution in [3.8, 4) is 0 Å². The van der Waals surface area contributed by atoms with Crippen LogP contribution in [0.4, 0.5) is 5.13 Å². The van der Waals surface area contributed by atoms with Crippen molar-refractivity contribution in [3.63, 3.8) is 0 Å². The van der Waals surface area contributed by atoms with Gasteiger partial charge in [0.25, 0.3) is 5.91 Å². The Hall–Kier alpha value is -1.99. The number of thiazole rings is 1. The van der Waals surface area contributed by atoms with Crippen LogP contribution in [0.3, 0.4) is 0 Å². The van der Waals surface area contributed by atoms with Gasteiger partial charge < -0.3 is 4.90 Å². The maximum atomic E-state index is 13.8. The lowest BCUT2D eigenvalue weighted by Gasteiger charge is -2.24. The summed E-state index contributed by atoms with van der Waals surface area (Å²) in [6.45, 7) is 11.7. The second-order valence-electron chi connectivity index (χ2n) is 7.58. The highest BCUT2D eigenvalue weighted by molar-refractivity contribution is 7.23. The highest BCUT2D eigenvalue weighted by Crippen LogP contribution is 2.38. The predicted molar refractivity (Wildman–Crippen MR) is 135 cm³/mol. The van der Waals surface area contributed by atoms with Gasteiger partial charge in [0.15, 0.2) is 5.13 Å². The Morgan fingerprint density at radius 1 is 1.00 bits per heavy atom. The van der Waals surface area contributed by atoms with Gasteiger partial charge in [-0.1, -0.05) is 61.1 Å². The molecule has 0 aliphatic carbocycles. The number of amides is 1. The van der Waals surface area contributed by atoms with Gasteiger partial charge in [-0.3, -0.25) is 9.69 Å². The predicted octanol–water partition coefficient (Wildman–Crippen LogP) is 6.77. The van der Waals surface area contributed by atoms with Gasteiger partial charge in [0.1, 0.15) is 4.88 Å². The van der Waals surface area contributed by atoms with Crippen LogP contribution in [0.15, 0.2) is 36.4 Å².